The smallest absolute Gasteiger partial charge is 0.119 e. The van der Waals surface area contributed by atoms with E-state index in [-0.39, 0.29) is 0 Å². The van der Waals surface area contributed by atoms with Crippen LogP contribution in [0.15, 0.2) is 24.3 Å². The van der Waals surface area contributed by atoms with Gasteiger partial charge >= 0.3 is 0 Å². The highest BCUT2D eigenvalue weighted by molar-refractivity contribution is 5.28. The van der Waals surface area contributed by atoms with Crippen LogP contribution in [-0.2, 0) is 6.42 Å². The average molecular weight is 259 g/mol. The predicted octanol–water partition coefficient (Wildman–Crippen LogP) is 3.36. The Bertz CT molecular complexity index is 431. The van der Waals surface area contributed by atoms with Gasteiger partial charge < -0.3 is 4.74 Å². The summed E-state index contributed by atoms with van der Waals surface area (Å²) >= 11 is 0. The quantitative estimate of drug-likeness (QED) is 0.822. The number of hydrogen-bond acceptors (Lipinski definition) is 2. The number of ether oxygens (including phenoxy) is 1. The van der Waals surface area contributed by atoms with Gasteiger partial charge in [-0.05, 0) is 55.2 Å². The first-order valence-electron chi connectivity index (χ1n) is 7.63. The number of hydrogen-bond donors (Lipinski definition) is 0. The topological polar surface area (TPSA) is 12.5 Å². The van der Waals surface area contributed by atoms with Gasteiger partial charge in [-0.25, -0.2) is 0 Å². The van der Waals surface area contributed by atoms with Crippen LogP contribution in [0.5, 0.6) is 5.75 Å². The third-order valence-electron chi connectivity index (χ3n) is 5.02. The Kier molecular flexibility index (Phi) is 3.79. The van der Waals surface area contributed by atoms with Crippen molar-refractivity contribution in [2.24, 2.45) is 11.8 Å². The normalized spacial score (nSPS) is 30.5. The third-order valence-corrected chi connectivity index (χ3v) is 5.02. The summed E-state index contributed by atoms with van der Waals surface area (Å²) in [5, 5.41) is 0. The number of rotatable bonds is 4. The molecule has 0 amide bonds. The van der Waals surface area contributed by atoms with Crippen molar-refractivity contribution in [1.82, 2.24) is 4.90 Å². The van der Waals surface area contributed by atoms with E-state index >= 15 is 0 Å². The molecule has 4 rings (SSSR count). The van der Waals surface area contributed by atoms with Gasteiger partial charge in [0.1, 0.15) is 5.75 Å². The molecule has 2 saturated heterocycles. The van der Waals surface area contributed by atoms with Crippen LogP contribution in [0.2, 0.25) is 0 Å². The molecule has 0 aromatic heterocycles. The third kappa shape index (κ3) is 2.79. The van der Waals surface area contributed by atoms with Gasteiger partial charge in [-0.1, -0.05) is 19.1 Å². The largest absolute Gasteiger partial charge is 0.497 e. The van der Waals surface area contributed by atoms with Crippen molar-refractivity contribution in [1.29, 1.82) is 0 Å². The van der Waals surface area contributed by atoms with E-state index in [1.54, 1.807) is 7.11 Å². The lowest BCUT2D eigenvalue weighted by atomic mass is 9.73. The van der Waals surface area contributed by atoms with E-state index in [0.717, 1.165) is 30.0 Å². The maximum Gasteiger partial charge on any atom is 0.119 e. The van der Waals surface area contributed by atoms with Crippen LogP contribution in [0.25, 0.3) is 0 Å². The Hall–Kier alpha value is -1.02. The van der Waals surface area contributed by atoms with E-state index in [4.69, 9.17) is 4.74 Å². The second-order valence-corrected chi connectivity index (χ2v) is 6.32. The van der Waals surface area contributed by atoms with Gasteiger partial charge in [0.15, 0.2) is 0 Å². The van der Waals surface area contributed by atoms with Gasteiger partial charge in [0.2, 0.25) is 0 Å². The number of piperidine rings is 2. The average Bonchev–Trinajstić information content (AvgIpc) is 2.45. The molecule has 3 unspecified atom stereocenters. The van der Waals surface area contributed by atoms with E-state index in [1.165, 1.54) is 37.9 Å². The van der Waals surface area contributed by atoms with Gasteiger partial charge in [-0.2, -0.15) is 0 Å². The monoisotopic (exact) mass is 259 g/mol. The molecular formula is C17H25NO. The van der Waals surface area contributed by atoms with Crippen molar-refractivity contribution in [2.75, 3.05) is 20.2 Å². The minimum atomic E-state index is 0.843. The standard InChI is InChI=1S/C17H25NO/c1-13-10-15-6-7-17(13)18(12-15)9-8-14-4-3-5-16(11-14)19-2/h3-5,11,13,15,17H,6-10,12H2,1-2H3. The van der Waals surface area contributed by atoms with Crippen LogP contribution in [0.3, 0.4) is 0 Å². The molecule has 104 valence electrons. The fourth-order valence-corrected chi connectivity index (χ4v) is 4.02. The number of nitrogens with zero attached hydrogens (tertiary/aromatic N) is 1. The fourth-order valence-electron chi connectivity index (χ4n) is 4.02. The summed E-state index contributed by atoms with van der Waals surface area (Å²) in [6.07, 6.45) is 5.49. The van der Waals surface area contributed by atoms with Crippen LogP contribution >= 0.6 is 0 Å². The Balaban J connectivity index is 1.60. The molecule has 1 aromatic rings. The first-order valence-corrected chi connectivity index (χ1v) is 7.63. The van der Waals surface area contributed by atoms with E-state index in [0.29, 0.717) is 0 Å². The maximum absolute atomic E-state index is 5.30. The molecular weight excluding hydrogens is 234 g/mol. The van der Waals surface area contributed by atoms with Gasteiger partial charge in [-0.15, -0.1) is 0 Å². The summed E-state index contributed by atoms with van der Waals surface area (Å²) in [4.78, 5) is 2.74. The second kappa shape index (κ2) is 5.54. The lowest BCUT2D eigenvalue weighted by Gasteiger charge is -2.49. The molecule has 2 nitrogen and oxygen atoms in total. The van der Waals surface area contributed by atoms with Crippen molar-refractivity contribution in [3.63, 3.8) is 0 Å². The first-order chi connectivity index (χ1) is 9.26. The van der Waals surface area contributed by atoms with E-state index in [1.807, 2.05) is 6.07 Å². The molecule has 0 radical (unpaired) electrons. The fraction of sp³-hybridized carbons (Fsp3) is 0.647. The molecule has 0 spiro atoms. The summed E-state index contributed by atoms with van der Waals surface area (Å²) in [6, 6.07) is 9.35. The lowest BCUT2D eigenvalue weighted by Crippen LogP contribution is -2.52. The molecule has 3 atom stereocenters. The zero-order chi connectivity index (χ0) is 13.2. The Labute approximate surface area is 116 Å². The zero-order valence-electron chi connectivity index (χ0n) is 12.1. The van der Waals surface area contributed by atoms with Crippen LogP contribution in [0, 0.1) is 11.8 Å². The SMILES string of the molecule is COc1cccc(CCN2CC3CCC2C(C)C3)c1. The van der Waals surface area contributed by atoms with Gasteiger partial charge in [0.05, 0.1) is 7.11 Å². The molecule has 2 heteroatoms. The Morgan fingerprint density at radius 2 is 2.21 bits per heavy atom. The minimum Gasteiger partial charge on any atom is -0.497 e. The minimum absolute atomic E-state index is 0.843. The highest BCUT2D eigenvalue weighted by Crippen LogP contribution is 2.38. The number of methoxy groups -OCH3 is 1. The summed E-state index contributed by atoms with van der Waals surface area (Å²) in [5.41, 5.74) is 1.40. The highest BCUT2D eigenvalue weighted by Gasteiger charge is 2.37. The molecule has 1 aliphatic carbocycles. The van der Waals surface area contributed by atoms with Crippen molar-refractivity contribution in [3.05, 3.63) is 29.8 Å². The van der Waals surface area contributed by atoms with Crippen LogP contribution in [0.1, 0.15) is 31.7 Å². The van der Waals surface area contributed by atoms with Crippen molar-refractivity contribution >= 4 is 0 Å². The molecule has 2 heterocycles. The Morgan fingerprint density at radius 1 is 1.32 bits per heavy atom. The van der Waals surface area contributed by atoms with Crippen LogP contribution in [0.4, 0.5) is 0 Å². The summed E-state index contributed by atoms with van der Waals surface area (Å²) in [5.74, 6) is 2.84. The van der Waals surface area contributed by atoms with E-state index in [9.17, 15) is 0 Å². The molecule has 3 aliphatic rings. The second-order valence-electron chi connectivity index (χ2n) is 6.32. The van der Waals surface area contributed by atoms with Gasteiger partial charge in [0.25, 0.3) is 0 Å². The summed E-state index contributed by atoms with van der Waals surface area (Å²) in [7, 11) is 1.74. The molecule has 19 heavy (non-hydrogen) atoms. The zero-order valence-corrected chi connectivity index (χ0v) is 12.1. The molecule has 1 aromatic carbocycles. The van der Waals surface area contributed by atoms with E-state index in [2.05, 4.69) is 30.0 Å². The van der Waals surface area contributed by atoms with Crippen molar-refractivity contribution in [2.45, 2.75) is 38.6 Å². The predicted molar refractivity (Wildman–Crippen MR) is 78.6 cm³/mol. The van der Waals surface area contributed by atoms with Crippen molar-refractivity contribution in [3.8, 4) is 5.75 Å². The Morgan fingerprint density at radius 3 is 2.95 bits per heavy atom. The van der Waals surface area contributed by atoms with Gasteiger partial charge in [-0.3, -0.25) is 4.90 Å². The van der Waals surface area contributed by atoms with E-state index < -0.39 is 0 Å². The number of benzene rings is 1. The molecule has 2 bridgehead atoms. The summed E-state index contributed by atoms with van der Waals surface area (Å²) in [6.45, 7) is 4.98. The van der Waals surface area contributed by atoms with Crippen LogP contribution < -0.4 is 4.74 Å². The lowest BCUT2D eigenvalue weighted by molar-refractivity contribution is 0.00919. The first kappa shape index (κ1) is 13.0. The molecule has 0 N–H and O–H groups in total. The highest BCUT2D eigenvalue weighted by atomic mass is 16.5. The maximum atomic E-state index is 5.30. The van der Waals surface area contributed by atoms with Crippen molar-refractivity contribution < 1.29 is 4.74 Å². The number of fused-ring (bicyclic) bond motifs is 3. The molecule has 1 saturated carbocycles. The van der Waals surface area contributed by atoms with Crippen LogP contribution in [-0.4, -0.2) is 31.1 Å². The molecule has 3 fully saturated rings. The molecule has 2 aliphatic heterocycles. The summed E-state index contributed by atoms with van der Waals surface area (Å²) < 4.78 is 5.30. The van der Waals surface area contributed by atoms with Gasteiger partial charge in [0, 0.05) is 19.1 Å².